The third kappa shape index (κ3) is 4.77. The molecular formula is C20H20N2O5S. The Morgan fingerprint density at radius 3 is 2.61 bits per heavy atom. The first-order valence-electron chi connectivity index (χ1n) is 8.54. The molecule has 2 aromatic carbocycles. The number of nitrogens with zero attached hydrogens (tertiary/aromatic N) is 1. The van der Waals surface area contributed by atoms with Crippen LogP contribution in [0.2, 0.25) is 0 Å². The number of carbonyl (C=O) groups is 1. The van der Waals surface area contributed by atoms with Crippen LogP contribution < -0.4 is 10.1 Å². The van der Waals surface area contributed by atoms with Crippen LogP contribution in [0.4, 0.5) is 0 Å². The van der Waals surface area contributed by atoms with E-state index >= 15 is 0 Å². The Kier molecular flexibility index (Phi) is 5.79. The maximum absolute atomic E-state index is 12.2. The molecule has 1 N–H and O–H groups in total. The van der Waals surface area contributed by atoms with E-state index in [-0.39, 0.29) is 10.8 Å². The minimum Gasteiger partial charge on any atom is -0.497 e. The lowest BCUT2D eigenvalue weighted by Gasteiger charge is -2.05. The van der Waals surface area contributed by atoms with Crippen molar-refractivity contribution in [2.75, 3.05) is 19.9 Å². The first kappa shape index (κ1) is 19.6. The van der Waals surface area contributed by atoms with Gasteiger partial charge in [-0.25, -0.2) is 13.4 Å². The Morgan fingerprint density at radius 2 is 1.93 bits per heavy atom. The number of oxazole rings is 1. The van der Waals surface area contributed by atoms with Gasteiger partial charge in [-0.15, -0.1) is 0 Å². The highest BCUT2D eigenvalue weighted by atomic mass is 32.2. The Balaban J connectivity index is 1.58. The first-order valence-corrected chi connectivity index (χ1v) is 10.4. The summed E-state index contributed by atoms with van der Waals surface area (Å²) in [6.07, 6.45) is 3.14. The van der Waals surface area contributed by atoms with Gasteiger partial charge in [0.05, 0.1) is 17.7 Å². The van der Waals surface area contributed by atoms with Gasteiger partial charge in [0.15, 0.2) is 9.84 Å². The molecule has 3 aromatic rings. The average molecular weight is 400 g/mol. The number of ether oxygens (including phenoxy) is 1. The summed E-state index contributed by atoms with van der Waals surface area (Å²) >= 11 is 0. The quantitative estimate of drug-likeness (QED) is 0.655. The van der Waals surface area contributed by atoms with Crippen LogP contribution in [0.3, 0.4) is 0 Å². The Hall–Kier alpha value is -3.13. The molecule has 0 atom stereocenters. The molecule has 28 heavy (non-hydrogen) atoms. The molecule has 0 saturated heterocycles. The normalized spacial score (nSPS) is 11.2. The monoisotopic (exact) mass is 400 g/mol. The Labute approximate surface area is 163 Å². The van der Waals surface area contributed by atoms with Gasteiger partial charge in [0, 0.05) is 30.3 Å². The van der Waals surface area contributed by atoms with Gasteiger partial charge in [-0.3, -0.25) is 4.79 Å². The molecule has 146 valence electrons. The number of methoxy groups -OCH3 is 1. The molecule has 7 nitrogen and oxygen atoms in total. The molecule has 0 fully saturated rings. The number of nitrogens with one attached hydrogen (secondary N) is 1. The number of benzene rings is 2. The van der Waals surface area contributed by atoms with Crippen LogP contribution in [0.5, 0.6) is 5.75 Å². The minimum absolute atomic E-state index is 0.112. The van der Waals surface area contributed by atoms with E-state index in [1.807, 2.05) is 24.3 Å². The lowest BCUT2D eigenvalue weighted by Crippen LogP contribution is -2.25. The molecule has 3 rings (SSSR count). The number of rotatable bonds is 7. The van der Waals surface area contributed by atoms with Crippen molar-refractivity contribution in [3.63, 3.8) is 0 Å². The van der Waals surface area contributed by atoms with Crippen molar-refractivity contribution >= 4 is 15.7 Å². The first-order chi connectivity index (χ1) is 13.4. The third-order valence-electron chi connectivity index (χ3n) is 4.08. The van der Waals surface area contributed by atoms with E-state index in [1.165, 1.54) is 12.1 Å². The van der Waals surface area contributed by atoms with Crippen LogP contribution >= 0.6 is 0 Å². The predicted octanol–water partition coefficient (Wildman–Crippen LogP) is 2.73. The van der Waals surface area contributed by atoms with Crippen molar-refractivity contribution in [3.05, 3.63) is 66.1 Å². The van der Waals surface area contributed by atoms with Crippen molar-refractivity contribution < 1.29 is 22.4 Å². The van der Waals surface area contributed by atoms with Crippen LogP contribution in [0, 0.1) is 0 Å². The number of aromatic nitrogens is 1. The molecule has 0 radical (unpaired) electrons. The molecule has 0 unspecified atom stereocenters. The van der Waals surface area contributed by atoms with E-state index < -0.39 is 9.84 Å². The Bertz CT molecular complexity index is 1070. The second kappa shape index (κ2) is 8.26. The molecule has 0 aliphatic carbocycles. The fraction of sp³-hybridized carbons (Fsp3) is 0.200. The van der Waals surface area contributed by atoms with E-state index in [4.69, 9.17) is 9.15 Å². The molecule has 0 spiro atoms. The van der Waals surface area contributed by atoms with Crippen LogP contribution in [-0.4, -0.2) is 39.2 Å². The molecule has 1 aromatic heterocycles. The zero-order valence-corrected chi connectivity index (χ0v) is 16.3. The van der Waals surface area contributed by atoms with Crippen molar-refractivity contribution in [1.82, 2.24) is 10.3 Å². The summed E-state index contributed by atoms with van der Waals surface area (Å²) in [4.78, 5) is 16.8. The van der Waals surface area contributed by atoms with Crippen molar-refractivity contribution in [2.45, 2.75) is 11.3 Å². The van der Waals surface area contributed by atoms with Gasteiger partial charge in [-0.1, -0.05) is 6.07 Å². The number of amides is 1. The van der Waals surface area contributed by atoms with Gasteiger partial charge >= 0.3 is 0 Å². The average Bonchev–Trinajstić information content (AvgIpc) is 3.16. The maximum Gasteiger partial charge on any atom is 0.251 e. The number of sulfone groups is 1. The van der Waals surface area contributed by atoms with Gasteiger partial charge in [0.2, 0.25) is 5.89 Å². The molecule has 0 bridgehead atoms. The van der Waals surface area contributed by atoms with E-state index in [0.717, 1.165) is 17.6 Å². The molecule has 1 amide bonds. The number of carbonyl (C=O) groups excluding carboxylic acids is 1. The fourth-order valence-electron chi connectivity index (χ4n) is 2.56. The SMILES string of the molecule is COc1ccc(-c2nc(CCNC(=O)c3cccc(S(C)(=O)=O)c3)co2)cc1. The molecule has 8 heteroatoms. The standard InChI is InChI=1S/C20H20N2O5S/c1-26-17-8-6-14(7-9-17)20-22-16(13-27-20)10-11-21-19(23)15-4-3-5-18(12-15)28(2,24)25/h3-9,12-13H,10-11H2,1-2H3,(H,21,23). The highest BCUT2D eigenvalue weighted by Gasteiger charge is 2.12. The van der Waals surface area contributed by atoms with Gasteiger partial charge in [0.1, 0.15) is 12.0 Å². The van der Waals surface area contributed by atoms with Gasteiger partial charge in [-0.2, -0.15) is 0 Å². The maximum atomic E-state index is 12.2. The molecule has 0 saturated carbocycles. The second-order valence-electron chi connectivity index (χ2n) is 6.18. The lowest BCUT2D eigenvalue weighted by atomic mass is 10.2. The van der Waals surface area contributed by atoms with Crippen molar-refractivity contribution in [3.8, 4) is 17.2 Å². The van der Waals surface area contributed by atoms with E-state index in [1.54, 1.807) is 25.5 Å². The third-order valence-corrected chi connectivity index (χ3v) is 5.19. The zero-order chi connectivity index (χ0) is 20.1. The largest absolute Gasteiger partial charge is 0.497 e. The fourth-order valence-corrected chi connectivity index (χ4v) is 3.23. The summed E-state index contributed by atoms with van der Waals surface area (Å²) in [5, 5.41) is 2.76. The summed E-state index contributed by atoms with van der Waals surface area (Å²) in [5.74, 6) is 0.896. The molecule has 0 aliphatic rings. The second-order valence-corrected chi connectivity index (χ2v) is 8.19. The summed E-state index contributed by atoms with van der Waals surface area (Å²) < 4.78 is 33.8. The van der Waals surface area contributed by atoms with Gasteiger partial charge in [0.25, 0.3) is 5.91 Å². The van der Waals surface area contributed by atoms with E-state index in [9.17, 15) is 13.2 Å². The van der Waals surface area contributed by atoms with E-state index in [0.29, 0.717) is 30.1 Å². The van der Waals surface area contributed by atoms with Crippen LogP contribution in [0.1, 0.15) is 16.1 Å². The lowest BCUT2D eigenvalue weighted by molar-refractivity contribution is 0.0954. The predicted molar refractivity (Wildman–Crippen MR) is 104 cm³/mol. The van der Waals surface area contributed by atoms with Gasteiger partial charge < -0.3 is 14.5 Å². The topological polar surface area (TPSA) is 98.5 Å². The summed E-state index contributed by atoms with van der Waals surface area (Å²) in [6, 6.07) is 13.3. The smallest absolute Gasteiger partial charge is 0.251 e. The summed E-state index contributed by atoms with van der Waals surface area (Å²) in [5.41, 5.74) is 1.83. The zero-order valence-electron chi connectivity index (χ0n) is 15.5. The Morgan fingerprint density at radius 1 is 1.18 bits per heavy atom. The highest BCUT2D eigenvalue weighted by Crippen LogP contribution is 2.21. The van der Waals surface area contributed by atoms with Crippen LogP contribution in [0.25, 0.3) is 11.5 Å². The molecule has 0 aliphatic heterocycles. The molecular weight excluding hydrogens is 380 g/mol. The highest BCUT2D eigenvalue weighted by molar-refractivity contribution is 7.90. The van der Waals surface area contributed by atoms with E-state index in [2.05, 4.69) is 10.3 Å². The van der Waals surface area contributed by atoms with Crippen molar-refractivity contribution in [2.24, 2.45) is 0 Å². The summed E-state index contributed by atoms with van der Waals surface area (Å²) in [6.45, 7) is 0.344. The number of hydrogen-bond acceptors (Lipinski definition) is 6. The number of hydrogen-bond donors (Lipinski definition) is 1. The summed E-state index contributed by atoms with van der Waals surface area (Å²) in [7, 11) is -1.76. The van der Waals surface area contributed by atoms with Crippen molar-refractivity contribution in [1.29, 1.82) is 0 Å². The molecule has 1 heterocycles. The van der Waals surface area contributed by atoms with Gasteiger partial charge in [-0.05, 0) is 42.5 Å². The van der Waals surface area contributed by atoms with Crippen LogP contribution in [-0.2, 0) is 16.3 Å². The minimum atomic E-state index is -3.36. The van der Waals surface area contributed by atoms with Crippen LogP contribution in [0.15, 0.2) is 64.1 Å².